The molecule has 1 aliphatic rings. The standard InChI is InChI=1S/C11H23O4P/c1-4-13-11(14-5-2)16(12,15-6-3)9-10-7-8-10/h10-11H,4-9H2,1-3H3. The molecule has 0 radical (unpaired) electrons. The molecular formula is C11H23O4P. The Morgan fingerprint density at radius 3 is 2.06 bits per heavy atom. The lowest BCUT2D eigenvalue weighted by Gasteiger charge is -2.26. The summed E-state index contributed by atoms with van der Waals surface area (Å²) in [6, 6.07) is -0.678. The van der Waals surface area contributed by atoms with Crippen molar-refractivity contribution >= 4 is 7.37 Å². The third-order valence-electron chi connectivity index (χ3n) is 2.50. The Hall–Kier alpha value is 0.110. The van der Waals surface area contributed by atoms with Crippen molar-refractivity contribution in [3.63, 3.8) is 0 Å². The van der Waals surface area contributed by atoms with Crippen molar-refractivity contribution in [3.8, 4) is 0 Å². The lowest BCUT2D eigenvalue weighted by molar-refractivity contribution is -0.0889. The van der Waals surface area contributed by atoms with Gasteiger partial charge in [-0.3, -0.25) is 4.57 Å². The first-order chi connectivity index (χ1) is 7.66. The summed E-state index contributed by atoms with van der Waals surface area (Å²) in [7, 11) is -2.80. The van der Waals surface area contributed by atoms with Crippen molar-refractivity contribution in [3.05, 3.63) is 0 Å². The van der Waals surface area contributed by atoms with Crippen molar-refractivity contribution in [1.82, 2.24) is 0 Å². The average molecular weight is 250 g/mol. The zero-order chi connectivity index (χ0) is 12.0. The van der Waals surface area contributed by atoms with Gasteiger partial charge in [0.25, 0.3) is 7.37 Å². The Kier molecular flexibility index (Phi) is 5.98. The van der Waals surface area contributed by atoms with Gasteiger partial charge in [0.2, 0.25) is 6.03 Å². The van der Waals surface area contributed by atoms with E-state index in [0.29, 0.717) is 31.9 Å². The third kappa shape index (κ3) is 4.17. The Balaban J connectivity index is 2.64. The van der Waals surface area contributed by atoms with Crippen molar-refractivity contribution in [2.75, 3.05) is 26.0 Å². The molecule has 0 N–H and O–H groups in total. The summed E-state index contributed by atoms with van der Waals surface area (Å²) < 4.78 is 29.0. The fourth-order valence-corrected chi connectivity index (χ4v) is 4.31. The van der Waals surface area contributed by atoms with Gasteiger partial charge in [-0.1, -0.05) is 0 Å². The molecule has 4 nitrogen and oxygen atoms in total. The maximum absolute atomic E-state index is 12.7. The molecule has 1 aliphatic carbocycles. The predicted octanol–water partition coefficient (Wildman–Crippen LogP) is 3.07. The summed E-state index contributed by atoms with van der Waals surface area (Å²) >= 11 is 0. The van der Waals surface area contributed by atoms with Gasteiger partial charge >= 0.3 is 0 Å². The van der Waals surface area contributed by atoms with Crippen LogP contribution in [0.15, 0.2) is 0 Å². The van der Waals surface area contributed by atoms with Gasteiger partial charge in [0.1, 0.15) is 0 Å². The second kappa shape index (κ2) is 6.75. The average Bonchev–Trinajstić information content (AvgIpc) is 3.01. The van der Waals surface area contributed by atoms with Gasteiger partial charge in [-0.25, -0.2) is 0 Å². The van der Waals surface area contributed by atoms with E-state index in [1.165, 1.54) is 0 Å². The topological polar surface area (TPSA) is 44.8 Å². The minimum absolute atomic E-state index is 0.445. The molecule has 1 unspecified atom stereocenters. The normalized spacial score (nSPS) is 20.0. The van der Waals surface area contributed by atoms with E-state index in [4.69, 9.17) is 14.0 Å². The molecule has 0 bridgehead atoms. The highest BCUT2D eigenvalue weighted by Crippen LogP contribution is 2.57. The van der Waals surface area contributed by atoms with Crippen LogP contribution < -0.4 is 0 Å². The van der Waals surface area contributed by atoms with Gasteiger partial charge in [-0.05, 0) is 39.5 Å². The van der Waals surface area contributed by atoms with E-state index in [1.807, 2.05) is 20.8 Å². The molecule has 0 aliphatic heterocycles. The van der Waals surface area contributed by atoms with Gasteiger partial charge < -0.3 is 14.0 Å². The molecule has 0 amide bonds. The van der Waals surface area contributed by atoms with E-state index in [1.54, 1.807) is 0 Å². The van der Waals surface area contributed by atoms with Gasteiger partial charge in [0.05, 0.1) is 6.61 Å². The smallest absolute Gasteiger partial charge is 0.257 e. The summed E-state index contributed by atoms with van der Waals surface area (Å²) in [5.41, 5.74) is 0. The van der Waals surface area contributed by atoms with E-state index < -0.39 is 13.4 Å². The fourth-order valence-electron chi connectivity index (χ4n) is 1.64. The number of ether oxygens (including phenoxy) is 2. The predicted molar refractivity (Wildman–Crippen MR) is 63.9 cm³/mol. The lowest BCUT2D eigenvalue weighted by atomic mass is 10.5. The maximum Gasteiger partial charge on any atom is 0.257 e. The Morgan fingerprint density at radius 1 is 1.12 bits per heavy atom. The van der Waals surface area contributed by atoms with Crippen molar-refractivity contribution < 1.29 is 18.6 Å². The van der Waals surface area contributed by atoms with Crippen LogP contribution in [0.4, 0.5) is 0 Å². The molecule has 0 aromatic rings. The summed E-state index contributed by atoms with van der Waals surface area (Å²) in [6.07, 6.45) is 2.91. The summed E-state index contributed by atoms with van der Waals surface area (Å²) in [5, 5.41) is 0. The Labute approximate surface area is 98.1 Å². The van der Waals surface area contributed by atoms with Gasteiger partial charge in [-0.15, -0.1) is 0 Å². The monoisotopic (exact) mass is 250 g/mol. The summed E-state index contributed by atoms with van der Waals surface area (Å²) in [4.78, 5) is 0. The fraction of sp³-hybridized carbons (Fsp3) is 1.00. The van der Waals surface area contributed by atoms with Crippen LogP contribution in [0.5, 0.6) is 0 Å². The molecule has 0 heterocycles. The largest absolute Gasteiger partial charge is 0.345 e. The molecule has 1 rings (SSSR count). The second-order valence-electron chi connectivity index (χ2n) is 3.99. The molecule has 1 saturated carbocycles. The zero-order valence-corrected chi connectivity index (χ0v) is 11.4. The minimum Gasteiger partial charge on any atom is -0.345 e. The number of rotatable bonds is 9. The number of hydrogen-bond donors (Lipinski definition) is 0. The molecule has 0 aromatic carbocycles. The molecule has 5 heteroatoms. The quantitative estimate of drug-likeness (QED) is 0.466. The van der Waals surface area contributed by atoms with E-state index in [2.05, 4.69) is 0 Å². The Morgan fingerprint density at radius 2 is 1.69 bits per heavy atom. The van der Waals surface area contributed by atoms with Crippen molar-refractivity contribution in [2.45, 2.75) is 39.6 Å². The highest BCUT2D eigenvalue weighted by molar-refractivity contribution is 7.59. The Bertz CT molecular complexity index is 234. The number of hydrogen-bond acceptors (Lipinski definition) is 4. The molecule has 96 valence electrons. The first-order valence-electron chi connectivity index (χ1n) is 6.12. The van der Waals surface area contributed by atoms with E-state index in [9.17, 15) is 4.57 Å². The van der Waals surface area contributed by atoms with Crippen LogP contribution in [-0.2, 0) is 18.6 Å². The van der Waals surface area contributed by atoms with Crippen LogP contribution >= 0.6 is 7.37 Å². The third-order valence-corrected chi connectivity index (χ3v) is 5.16. The molecule has 16 heavy (non-hydrogen) atoms. The molecule has 1 fully saturated rings. The molecule has 1 atom stereocenters. The summed E-state index contributed by atoms with van der Waals surface area (Å²) in [5.74, 6) is 0.542. The molecule has 0 spiro atoms. The van der Waals surface area contributed by atoms with Crippen LogP contribution in [0.2, 0.25) is 0 Å². The van der Waals surface area contributed by atoms with Crippen LogP contribution in [0.1, 0.15) is 33.6 Å². The van der Waals surface area contributed by atoms with Crippen molar-refractivity contribution in [2.24, 2.45) is 5.92 Å². The zero-order valence-electron chi connectivity index (χ0n) is 10.5. The van der Waals surface area contributed by atoms with Crippen molar-refractivity contribution in [1.29, 1.82) is 0 Å². The van der Waals surface area contributed by atoms with Crippen LogP contribution in [0, 0.1) is 5.92 Å². The highest BCUT2D eigenvalue weighted by atomic mass is 31.2. The molecule has 0 saturated heterocycles. The lowest BCUT2D eigenvalue weighted by Crippen LogP contribution is -2.21. The van der Waals surface area contributed by atoms with E-state index in [0.717, 1.165) is 12.8 Å². The second-order valence-corrected chi connectivity index (χ2v) is 6.48. The summed E-state index contributed by atoms with van der Waals surface area (Å²) in [6.45, 7) is 7.03. The SMILES string of the molecule is CCOC(OCC)P(=O)(CC1CC1)OCC. The van der Waals surface area contributed by atoms with E-state index >= 15 is 0 Å². The molecular weight excluding hydrogens is 227 g/mol. The van der Waals surface area contributed by atoms with Crippen LogP contribution in [0.3, 0.4) is 0 Å². The minimum atomic E-state index is -2.80. The first kappa shape index (κ1) is 14.2. The van der Waals surface area contributed by atoms with Gasteiger partial charge in [-0.2, -0.15) is 0 Å². The van der Waals surface area contributed by atoms with Gasteiger partial charge in [0.15, 0.2) is 0 Å². The van der Waals surface area contributed by atoms with E-state index in [-0.39, 0.29) is 0 Å². The van der Waals surface area contributed by atoms with Crippen LogP contribution in [0.25, 0.3) is 0 Å². The highest BCUT2D eigenvalue weighted by Gasteiger charge is 2.41. The van der Waals surface area contributed by atoms with Crippen LogP contribution in [-0.4, -0.2) is 32.0 Å². The maximum atomic E-state index is 12.7. The molecule has 0 aromatic heterocycles. The first-order valence-corrected chi connectivity index (χ1v) is 8.00. The van der Waals surface area contributed by atoms with Gasteiger partial charge in [0, 0.05) is 19.4 Å².